The lowest BCUT2D eigenvalue weighted by Gasteiger charge is -2.22. The van der Waals surface area contributed by atoms with Gasteiger partial charge in [-0.1, -0.05) is 30.3 Å². The Kier molecular flexibility index (Phi) is 3.82. The quantitative estimate of drug-likeness (QED) is 0.873. The van der Waals surface area contributed by atoms with E-state index in [-0.39, 0.29) is 17.9 Å². The molecule has 0 unspecified atom stereocenters. The maximum Gasteiger partial charge on any atom is 0.184 e. The molecule has 2 atom stereocenters. The maximum atomic E-state index is 5.86. The zero-order chi connectivity index (χ0) is 12.3. The van der Waals surface area contributed by atoms with Gasteiger partial charge in [0.25, 0.3) is 0 Å². The molecule has 0 spiro atoms. The standard InChI is InChI=1S/C14H21NO2/c1-14(2,3)15-9-12-10-16-13(17-12)11-7-5-4-6-8-11/h4-8,12-13,15H,9-10H2,1-3H3/t12-,13-/m1/s1. The molecule has 3 heteroatoms. The molecule has 1 N–H and O–H groups in total. The van der Waals surface area contributed by atoms with E-state index in [0.717, 1.165) is 12.1 Å². The van der Waals surface area contributed by atoms with Crippen LogP contribution in [-0.2, 0) is 9.47 Å². The van der Waals surface area contributed by atoms with Crippen molar-refractivity contribution in [2.75, 3.05) is 13.2 Å². The van der Waals surface area contributed by atoms with Crippen molar-refractivity contribution in [2.45, 2.75) is 38.7 Å². The first-order valence-electron chi connectivity index (χ1n) is 6.12. The minimum Gasteiger partial charge on any atom is -0.346 e. The molecule has 1 aromatic carbocycles. The fourth-order valence-electron chi connectivity index (χ4n) is 1.76. The van der Waals surface area contributed by atoms with Crippen LogP contribution in [0.2, 0.25) is 0 Å². The van der Waals surface area contributed by atoms with Gasteiger partial charge in [0.1, 0.15) is 0 Å². The third kappa shape index (κ3) is 3.80. The van der Waals surface area contributed by atoms with Gasteiger partial charge in [-0.25, -0.2) is 0 Å². The molecule has 0 bridgehead atoms. The minimum absolute atomic E-state index is 0.119. The number of hydrogen-bond acceptors (Lipinski definition) is 3. The Bertz CT molecular complexity index is 345. The zero-order valence-corrected chi connectivity index (χ0v) is 10.8. The average Bonchev–Trinajstić information content (AvgIpc) is 2.75. The second-order valence-electron chi connectivity index (χ2n) is 5.46. The fraction of sp³-hybridized carbons (Fsp3) is 0.571. The van der Waals surface area contributed by atoms with Crippen molar-refractivity contribution >= 4 is 0 Å². The third-order valence-electron chi connectivity index (χ3n) is 2.68. The molecule has 1 heterocycles. The Balaban J connectivity index is 1.84. The first kappa shape index (κ1) is 12.6. The summed E-state index contributed by atoms with van der Waals surface area (Å²) >= 11 is 0. The number of benzene rings is 1. The van der Waals surface area contributed by atoms with E-state index in [9.17, 15) is 0 Å². The van der Waals surface area contributed by atoms with Crippen molar-refractivity contribution in [1.29, 1.82) is 0 Å². The highest BCUT2D eigenvalue weighted by Gasteiger charge is 2.27. The third-order valence-corrected chi connectivity index (χ3v) is 2.68. The van der Waals surface area contributed by atoms with Gasteiger partial charge in [0, 0.05) is 17.6 Å². The first-order chi connectivity index (χ1) is 8.04. The summed E-state index contributed by atoms with van der Waals surface area (Å²) in [5, 5.41) is 3.43. The lowest BCUT2D eigenvalue weighted by molar-refractivity contribution is -0.0602. The predicted molar refractivity (Wildman–Crippen MR) is 67.8 cm³/mol. The van der Waals surface area contributed by atoms with Gasteiger partial charge in [-0.3, -0.25) is 0 Å². The molecule has 17 heavy (non-hydrogen) atoms. The second kappa shape index (κ2) is 5.17. The maximum absolute atomic E-state index is 5.86. The van der Waals surface area contributed by atoms with E-state index in [1.165, 1.54) is 0 Å². The van der Waals surface area contributed by atoms with Crippen LogP contribution >= 0.6 is 0 Å². The molecule has 1 aromatic rings. The summed E-state index contributed by atoms with van der Waals surface area (Å²) in [6.07, 6.45) is -0.0672. The molecule has 1 saturated heterocycles. The first-order valence-corrected chi connectivity index (χ1v) is 6.12. The molecule has 94 valence electrons. The Morgan fingerprint density at radius 3 is 2.59 bits per heavy atom. The summed E-state index contributed by atoms with van der Waals surface area (Å²) in [6, 6.07) is 10.1. The summed E-state index contributed by atoms with van der Waals surface area (Å²) in [7, 11) is 0. The van der Waals surface area contributed by atoms with Crippen LogP contribution in [-0.4, -0.2) is 24.8 Å². The Morgan fingerprint density at radius 2 is 1.94 bits per heavy atom. The Labute approximate surface area is 103 Å². The largest absolute Gasteiger partial charge is 0.346 e. The van der Waals surface area contributed by atoms with Crippen LogP contribution < -0.4 is 5.32 Å². The predicted octanol–water partition coefficient (Wildman–Crippen LogP) is 2.49. The SMILES string of the molecule is CC(C)(C)NC[C@@H]1CO[C@@H](c2ccccc2)O1. The molecule has 1 aliphatic rings. The van der Waals surface area contributed by atoms with Gasteiger partial charge < -0.3 is 14.8 Å². The van der Waals surface area contributed by atoms with Crippen LogP contribution in [0.4, 0.5) is 0 Å². The van der Waals surface area contributed by atoms with Gasteiger partial charge in [-0.05, 0) is 20.8 Å². The number of nitrogens with one attached hydrogen (secondary N) is 1. The monoisotopic (exact) mass is 235 g/mol. The van der Waals surface area contributed by atoms with Crippen molar-refractivity contribution in [3.8, 4) is 0 Å². The lowest BCUT2D eigenvalue weighted by atomic mass is 10.1. The van der Waals surface area contributed by atoms with E-state index in [1.54, 1.807) is 0 Å². The molecule has 1 aliphatic heterocycles. The molecular formula is C14H21NO2. The fourth-order valence-corrected chi connectivity index (χ4v) is 1.76. The number of rotatable bonds is 3. The summed E-state index contributed by atoms with van der Waals surface area (Å²) in [6.45, 7) is 7.93. The van der Waals surface area contributed by atoms with Crippen LogP contribution in [0, 0.1) is 0 Å². The number of hydrogen-bond donors (Lipinski definition) is 1. The van der Waals surface area contributed by atoms with Crippen molar-refractivity contribution in [3.05, 3.63) is 35.9 Å². The Hall–Kier alpha value is -0.900. The Morgan fingerprint density at radius 1 is 1.24 bits per heavy atom. The van der Waals surface area contributed by atoms with E-state index in [0.29, 0.717) is 6.61 Å². The van der Waals surface area contributed by atoms with E-state index in [2.05, 4.69) is 26.1 Å². The topological polar surface area (TPSA) is 30.5 Å². The van der Waals surface area contributed by atoms with Crippen molar-refractivity contribution < 1.29 is 9.47 Å². The molecule has 1 fully saturated rings. The highest BCUT2D eigenvalue weighted by atomic mass is 16.7. The van der Waals surface area contributed by atoms with Gasteiger partial charge in [-0.15, -0.1) is 0 Å². The van der Waals surface area contributed by atoms with E-state index in [4.69, 9.17) is 9.47 Å². The summed E-state index contributed by atoms with van der Waals surface area (Å²) in [4.78, 5) is 0. The highest BCUT2D eigenvalue weighted by Crippen LogP contribution is 2.26. The van der Waals surface area contributed by atoms with E-state index >= 15 is 0 Å². The van der Waals surface area contributed by atoms with Crippen molar-refractivity contribution in [3.63, 3.8) is 0 Å². The second-order valence-corrected chi connectivity index (χ2v) is 5.46. The van der Waals surface area contributed by atoms with E-state index in [1.807, 2.05) is 30.3 Å². The molecule has 0 amide bonds. The molecule has 0 saturated carbocycles. The molecule has 0 radical (unpaired) electrons. The normalized spacial score (nSPS) is 25.1. The van der Waals surface area contributed by atoms with Crippen LogP contribution in [0.1, 0.15) is 32.6 Å². The van der Waals surface area contributed by atoms with Gasteiger partial charge in [0.05, 0.1) is 12.7 Å². The van der Waals surface area contributed by atoms with Crippen LogP contribution in [0.3, 0.4) is 0 Å². The molecule has 0 aromatic heterocycles. The molecule has 0 aliphatic carbocycles. The van der Waals surface area contributed by atoms with Crippen molar-refractivity contribution in [1.82, 2.24) is 5.32 Å². The van der Waals surface area contributed by atoms with Crippen molar-refractivity contribution in [2.24, 2.45) is 0 Å². The van der Waals surface area contributed by atoms with Gasteiger partial charge in [0.2, 0.25) is 0 Å². The number of ether oxygens (including phenoxy) is 2. The highest BCUT2D eigenvalue weighted by molar-refractivity contribution is 5.16. The lowest BCUT2D eigenvalue weighted by Crippen LogP contribution is -2.41. The zero-order valence-electron chi connectivity index (χ0n) is 10.8. The van der Waals surface area contributed by atoms with Crippen LogP contribution in [0.15, 0.2) is 30.3 Å². The summed E-state index contributed by atoms with van der Waals surface area (Å²) in [5.41, 5.74) is 1.21. The van der Waals surface area contributed by atoms with Gasteiger partial charge in [0.15, 0.2) is 6.29 Å². The smallest absolute Gasteiger partial charge is 0.184 e. The molecule has 2 rings (SSSR count). The van der Waals surface area contributed by atoms with Crippen LogP contribution in [0.25, 0.3) is 0 Å². The summed E-state index contributed by atoms with van der Waals surface area (Å²) < 4.78 is 11.5. The molecule has 3 nitrogen and oxygen atoms in total. The summed E-state index contributed by atoms with van der Waals surface area (Å²) in [5.74, 6) is 0. The van der Waals surface area contributed by atoms with Gasteiger partial charge in [-0.2, -0.15) is 0 Å². The van der Waals surface area contributed by atoms with E-state index < -0.39 is 0 Å². The molecular weight excluding hydrogens is 214 g/mol. The minimum atomic E-state index is -0.206. The average molecular weight is 235 g/mol. The van der Waals surface area contributed by atoms with Gasteiger partial charge >= 0.3 is 0 Å². The van der Waals surface area contributed by atoms with Crippen LogP contribution in [0.5, 0.6) is 0 Å².